The quantitative estimate of drug-likeness (QED) is 0.887. The van der Waals surface area contributed by atoms with E-state index in [1.807, 2.05) is 20.8 Å². The minimum atomic E-state index is -0.438. The maximum atomic E-state index is 12.1. The van der Waals surface area contributed by atoms with Crippen LogP contribution in [0.5, 0.6) is 0 Å². The predicted molar refractivity (Wildman–Crippen MR) is 98.7 cm³/mol. The normalized spacial score (nSPS) is 21.7. The molecule has 1 atom stereocenters. The molecule has 0 radical (unpaired) electrons. The maximum Gasteiger partial charge on any atom is 0.410 e. The van der Waals surface area contributed by atoms with Gasteiger partial charge in [0.15, 0.2) is 0 Å². The monoisotopic (exact) mass is 347 g/mol. The first-order valence-corrected chi connectivity index (χ1v) is 9.64. The van der Waals surface area contributed by atoms with Crippen LogP contribution in [0.4, 0.5) is 4.79 Å². The molecule has 1 fully saturated rings. The van der Waals surface area contributed by atoms with Crippen LogP contribution in [0, 0.1) is 11.3 Å². The number of likely N-dealkylation sites (tertiary alicyclic amines) is 1. The lowest BCUT2D eigenvalue weighted by Crippen LogP contribution is -2.50. The van der Waals surface area contributed by atoms with E-state index in [9.17, 15) is 4.79 Å². The molecule has 3 rings (SSSR count). The number of aromatic amines is 1. The zero-order valence-corrected chi connectivity index (χ0v) is 16.6. The van der Waals surface area contributed by atoms with Crippen LogP contribution in [0.2, 0.25) is 0 Å². The van der Waals surface area contributed by atoms with Crippen LogP contribution in [-0.4, -0.2) is 39.9 Å². The minimum Gasteiger partial charge on any atom is -0.444 e. The summed E-state index contributed by atoms with van der Waals surface area (Å²) in [7, 11) is 0. The Kier molecular flexibility index (Phi) is 4.63. The first-order chi connectivity index (χ1) is 11.6. The molecule has 1 aromatic heterocycles. The predicted octanol–water partition coefficient (Wildman–Crippen LogP) is 4.29. The third-order valence-electron chi connectivity index (χ3n) is 6.11. The largest absolute Gasteiger partial charge is 0.444 e. The Morgan fingerprint density at radius 3 is 2.56 bits per heavy atom. The summed E-state index contributed by atoms with van der Waals surface area (Å²) in [4.78, 5) is 13.9. The Bertz CT molecular complexity index is 636. The Morgan fingerprint density at radius 2 is 1.96 bits per heavy atom. The van der Waals surface area contributed by atoms with Gasteiger partial charge < -0.3 is 9.64 Å². The fraction of sp³-hybridized carbons (Fsp3) is 0.800. The molecule has 0 saturated carbocycles. The molecule has 0 spiro atoms. The number of amides is 1. The van der Waals surface area contributed by atoms with E-state index in [-0.39, 0.29) is 6.09 Å². The molecule has 2 aliphatic rings. The van der Waals surface area contributed by atoms with Crippen molar-refractivity contribution in [2.24, 2.45) is 11.3 Å². The average Bonchev–Trinajstić information content (AvgIpc) is 2.87. The number of nitrogens with one attached hydrogen (secondary N) is 1. The summed E-state index contributed by atoms with van der Waals surface area (Å²) < 4.78 is 5.46. The van der Waals surface area contributed by atoms with Crippen LogP contribution in [-0.2, 0) is 17.6 Å². The molecule has 1 saturated heterocycles. The summed E-state index contributed by atoms with van der Waals surface area (Å²) in [5, 5.41) is 7.89. The van der Waals surface area contributed by atoms with Gasteiger partial charge in [0.05, 0.1) is 5.69 Å². The Hall–Kier alpha value is -1.52. The van der Waals surface area contributed by atoms with Gasteiger partial charge in [0.1, 0.15) is 5.60 Å². The van der Waals surface area contributed by atoms with Crippen molar-refractivity contribution in [1.82, 2.24) is 15.1 Å². The molecule has 1 aliphatic carbocycles. The lowest BCUT2D eigenvalue weighted by Gasteiger charge is -2.40. The summed E-state index contributed by atoms with van der Waals surface area (Å²) in [6.07, 6.45) is 4.45. The first kappa shape index (κ1) is 18.3. The molecule has 2 heterocycles. The number of rotatable bonds is 3. The van der Waals surface area contributed by atoms with Gasteiger partial charge in [0.2, 0.25) is 0 Å². The van der Waals surface area contributed by atoms with Gasteiger partial charge in [-0.3, -0.25) is 5.10 Å². The van der Waals surface area contributed by atoms with Gasteiger partial charge in [0.25, 0.3) is 0 Å². The fourth-order valence-corrected chi connectivity index (χ4v) is 3.94. The van der Waals surface area contributed by atoms with Gasteiger partial charge in [-0.15, -0.1) is 0 Å². The number of carbonyl (C=O) groups excluding carboxylic acids is 1. The highest BCUT2D eigenvalue weighted by atomic mass is 16.6. The molecule has 140 valence electrons. The van der Waals surface area contributed by atoms with Crippen LogP contribution in [0.3, 0.4) is 0 Å². The van der Waals surface area contributed by atoms with Gasteiger partial charge in [-0.25, -0.2) is 4.79 Å². The van der Waals surface area contributed by atoms with Crippen LogP contribution in [0.1, 0.15) is 77.3 Å². The standard InChI is InChI=1S/C20H33N3O2/c1-7-20(5,6)14-8-9-16-15(10-14)17(22-21-16)13-11-23(12-13)18(24)25-19(2,3)4/h13-14H,7-12H2,1-6H3,(H,21,22). The van der Waals surface area contributed by atoms with Gasteiger partial charge in [-0.05, 0) is 56.9 Å². The molecule has 1 unspecified atom stereocenters. The van der Waals surface area contributed by atoms with E-state index in [0.29, 0.717) is 30.3 Å². The number of H-pyrrole nitrogens is 1. The van der Waals surface area contributed by atoms with E-state index < -0.39 is 5.60 Å². The molecular formula is C20H33N3O2. The number of aromatic nitrogens is 2. The second-order valence-corrected chi connectivity index (χ2v) is 9.43. The average molecular weight is 348 g/mol. The first-order valence-electron chi connectivity index (χ1n) is 9.64. The van der Waals surface area contributed by atoms with Crippen molar-refractivity contribution in [2.45, 2.75) is 78.7 Å². The van der Waals surface area contributed by atoms with Gasteiger partial charge in [-0.2, -0.15) is 5.10 Å². The topological polar surface area (TPSA) is 58.2 Å². The maximum absolute atomic E-state index is 12.1. The van der Waals surface area contributed by atoms with Crippen molar-refractivity contribution in [3.8, 4) is 0 Å². The van der Waals surface area contributed by atoms with Crippen LogP contribution < -0.4 is 0 Å². The molecule has 5 heteroatoms. The van der Waals surface area contributed by atoms with Crippen molar-refractivity contribution in [3.05, 3.63) is 17.0 Å². The molecule has 1 amide bonds. The molecule has 1 aromatic rings. The van der Waals surface area contributed by atoms with E-state index in [2.05, 4.69) is 31.0 Å². The Morgan fingerprint density at radius 1 is 1.28 bits per heavy atom. The van der Waals surface area contributed by atoms with Crippen molar-refractivity contribution in [2.75, 3.05) is 13.1 Å². The van der Waals surface area contributed by atoms with E-state index in [0.717, 1.165) is 12.8 Å². The smallest absolute Gasteiger partial charge is 0.410 e. The zero-order chi connectivity index (χ0) is 18.4. The lowest BCUT2D eigenvalue weighted by atomic mass is 9.68. The number of hydrogen-bond donors (Lipinski definition) is 1. The highest BCUT2D eigenvalue weighted by Gasteiger charge is 2.40. The van der Waals surface area contributed by atoms with Gasteiger partial charge in [0, 0.05) is 24.7 Å². The van der Waals surface area contributed by atoms with E-state index in [1.165, 1.54) is 29.8 Å². The lowest BCUT2D eigenvalue weighted by molar-refractivity contribution is 0.00775. The zero-order valence-electron chi connectivity index (χ0n) is 16.6. The van der Waals surface area contributed by atoms with Crippen molar-refractivity contribution in [3.63, 3.8) is 0 Å². The molecule has 5 nitrogen and oxygen atoms in total. The minimum absolute atomic E-state index is 0.210. The summed E-state index contributed by atoms with van der Waals surface area (Å²) in [6, 6.07) is 0. The summed E-state index contributed by atoms with van der Waals surface area (Å²) in [5.41, 5.74) is 3.85. The molecule has 25 heavy (non-hydrogen) atoms. The fourth-order valence-electron chi connectivity index (χ4n) is 3.94. The second kappa shape index (κ2) is 6.33. The summed E-state index contributed by atoms with van der Waals surface area (Å²) in [5.74, 6) is 1.05. The highest BCUT2D eigenvalue weighted by molar-refractivity contribution is 5.69. The molecular weight excluding hydrogens is 314 g/mol. The van der Waals surface area contributed by atoms with Crippen LogP contribution >= 0.6 is 0 Å². The molecule has 0 aromatic carbocycles. The number of hydrogen-bond acceptors (Lipinski definition) is 3. The Labute approximate surface area is 151 Å². The third kappa shape index (κ3) is 3.70. The second-order valence-electron chi connectivity index (χ2n) is 9.43. The SMILES string of the molecule is CCC(C)(C)C1CCc2[nH]nc(C3CN(C(=O)OC(C)(C)C)C3)c2C1. The molecule has 1 aliphatic heterocycles. The van der Waals surface area contributed by atoms with E-state index >= 15 is 0 Å². The number of fused-ring (bicyclic) bond motifs is 1. The van der Waals surface area contributed by atoms with Gasteiger partial charge in [-0.1, -0.05) is 27.2 Å². The number of aryl methyl sites for hydroxylation is 1. The van der Waals surface area contributed by atoms with Gasteiger partial charge >= 0.3 is 6.09 Å². The van der Waals surface area contributed by atoms with Crippen molar-refractivity contribution in [1.29, 1.82) is 0 Å². The van der Waals surface area contributed by atoms with Crippen molar-refractivity contribution >= 4 is 6.09 Å². The Balaban J connectivity index is 1.65. The van der Waals surface area contributed by atoms with Crippen LogP contribution in [0.15, 0.2) is 0 Å². The summed E-state index contributed by atoms with van der Waals surface area (Å²) in [6.45, 7) is 14.2. The van der Waals surface area contributed by atoms with Crippen LogP contribution in [0.25, 0.3) is 0 Å². The van der Waals surface area contributed by atoms with E-state index in [4.69, 9.17) is 4.74 Å². The third-order valence-corrected chi connectivity index (χ3v) is 6.11. The number of nitrogens with zero attached hydrogens (tertiary/aromatic N) is 2. The highest BCUT2D eigenvalue weighted by Crippen LogP contribution is 2.42. The summed E-state index contributed by atoms with van der Waals surface area (Å²) >= 11 is 0. The molecule has 1 N–H and O–H groups in total. The van der Waals surface area contributed by atoms with E-state index in [1.54, 1.807) is 4.90 Å². The number of ether oxygens (including phenoxy) is 1. The molecule has 0 bridgehead atoms. The van der Waals surface area contributed by atoms with Crippen molar-refractivity contribution < 1.29 is 9.53 Å². The number of carbonyl (C=O) groups is 1.